The summed E-state index contributed by atoms with van der Waals surface area (Å²) in [5, 5.41) is 5.12. The summed E-state index contributed by atoms with van der Waals surface area (Å²) in [6.07, 6.45) is 4.32. The van der Waals surface area contributed by atoms with Gasteiger partial charge in [0, 0.05) is 32.7 Å². The van der Waals surface area contributed by atoms with Crippen molar-refractivity contribution in [3.05, 3.63) is 59.0 Å². The van der Waals surface area contributed by atoms with Crippen LogP contribution < -0.4 is 11.1 Å². The van der Waals surface area contributed by atoms with Crippen molar-refractivity contribution in [2.24, 2.45) is 5.73 Å². The van der Waals surface area contributed by atoms with E-state index in [9.17, 15) is 9.59 Å². The molecule has 2 amide bonds. The smallest absolute Gasteiger partial charge is 0.251 e. The van der Waals surface area contributed by atoms with Gasteiger partial charge in [-0.2, -0.15) is 0 Å². The molecule has 1 fully saturated rings. The molecule has 1 atom stereocenters. The van der Waals surface area contributed by atoms with E-state index in [0.29, 0.717) is 10.6 Å². The van der Waals surface area contributed by atoms with E-state index < -0.39 is 5.91 Å². The summed E-state index contributed by atoms with van der Waals surface area (Å²) in [7, 11) is 0. The topological polar surface area (TPSA) is 78.7 Å². The molecule has 0 saturated carbocycles. The Hall–Kier alpha value is -2.48. The standard InChI is InChI=1S/C21H26N4O2S/c1-16(20(27)23-21-18(19(22)26)9-15-28-21)25-13-11-24(12-14-25)10-5-8-17-6-3-2-4-7-17/h2-9,15-16H,10-14H2,1H3,(H2,22,26)(H,23,27). The average molecular weight is 399 g/mol. The molecule has 148 valence electrons. The third kappa shape index (κ3) is 5.28. The number of nitrogens with two attached hydrogens (primary N) is 1. The van der Waals surface area contributed by atoms with Crippen LogP contribution in [0.5, 0.6) is 0 Å². The quantitative estimate of drug-likeness (QED) is 0.751. The van der Waals surface area contributed by atoms with Gasteiger partial charge in [-0.25, -0.2) is 0 Å². The predicted molar refractivity (Wildman–Crippen MR) is 114 cm³/mol. The van der Waals surface area contributed by atoms with Crippen LogP contribution in [0.4, 0.5) is 5.00 Å². The SMILES string of the molecule is CC(C(=O)Nc1sccc1C(N)=O)N1CCN(CC=Cc2ccccc2)CC1. The molecule has 6 nitrogen and oxygen atoms in total. The molecule has 3 rings (SSSR count). The minimum absolute atomic E-state index is 0.109. The Labute approximate surface area is 169 Å². The van der Waals surface area contributed by atoms with Crippen molar-refractivity contribution in [2.75, 3.05) is 38.0 Å². The first-order valence-corrected chi connectivity index (χ1v) is 10.3. The largest absolute Gasteiger partial charge is 0.366 e. The monoisotopic (exact) mass is 398 g/mol. The van der Waals surface area contributed by atoms with Crippen molar-refractivity contribution >= 4 is 34.2 Å². The lowest BCUT2D eigenvalue weighted by atomic mass is 10.2. The number of hydrogen-bond acceptors (Lipinski definition) is 5. The molecule has 1 aliphatic rings. The fourth-order valence-electron chi connectivity index (χ4n) is 3.22. The van der Waals surface area contributed by atoms with E-state index >= 15 is 0 Å². The van der Waals surface area contributed by atoms with Crippen LogP contribution in [-0.2, 0) is 4.79 Å². The van der Waals surface area contributed by atoms with Crippen LogP contribution in [-0.4, -0.2) is 60.4 Å². The Balaban J connectivity index is 1.46. The van der Waals surface area contributed by atoms with Gasteiger partial charge >= 0.3 is 0 Å². The molecule has 1 saturated heterocycles. The van der Waals surface area contributed by atoms with Gasteiger partial charge in [0.25, 0.3) is 5.91 Å². The lowest BCUT2D eigenvalue weighted by molar-refractivity contribution is -0.121. The van der Waals surface area contributed by atoms with Gasteiger partial charge in [0.1, 0.15) is 5.00 Å². The summed E-state index contributed by atoms with van der Waals surface area (Å²) in [6.45, 7) is 6.31. The molecule has 1 aliphatic heterocycles. The summed E-state index contributed by atoms with van der Waals surface area (Å²) in [4.78, 5) is 28.5. The second-order valence-electron chi connectivity index (χ2n) is 6.84. The lowest BCUT2D eigenvalue weighted by Gasteiger charge is -2.37. The maximum Gasteiger partial charge on any atom is 0.251 e. The number of primary amides is 1. The lowest BCUT2D eigenvalue weighted by Crippen LogP contribution is -2.52. The molecule has 1 unspecified atom stereocenters. The first-order valence-electron chi connectivity index (χ1n) is 9.41. The van der Waals surface area contributed by atoms with E-state index in [0.717, 1.165) is 32.7 Å². The first kappa shape index (κ1) is 20.3. The second-order valence-corrected chi connectivity index (χ2v) is 7.76. The molecule has 0 spiro atoms. The normalized spacial score (nSPS) is 16.9. The molecule has 0 aliphatic carbocycles. The van der Waals surface area contributed by atoms with E-state index in [1.807, 2.05) is 25.1 Å². The van der Waals surface area contributed by atoms with E-state index in [-0.39, 0.29) is 11.9 Å². The summed E-state index contributed by atoms with van der Waals surface area (Å²) in [5.41, 5.74) is 6.91. The molecule has 2 aromatic rings. The zero-order valence-corrected chi connectivity index (χ0v) is 16.8. The van der Waals surface area contributed by atoms with Crippen LogP contribution in [0.2, 0.25) is 0 Å². The molecule has 1 aromatic heterocycles. The minimum atomic E-state index is -0.527. The first-order chi connectivity index (χ1) is 13.5. The third-order valence-electron chi connectivity index (χ3n) is 4.97. The second kappa shape index (κ2) is 9.64. The summed E-state index contributed by atoms with van der Waals surface area (Å²) < 4.78 is 0. The van der Waals surface area contributed by atoms with Crippen molar-refractivity contribution in [3.63, 3.8) is 0 Å². The molecule has 3 N–H and O–H groups in total. The average Bonchev–Trinajstić information content (AvgIpc) is 3.17. The van der Waals surface area contributed by atoms with Crippen LogP contribution in [0.1, 0.15) is 22.8 Å². The molecule has 2 heterocycles. The highest BCUT2D eigenvalue weighted by molar-refractivity contribution is 7.14. The van der Waals surface area contributed by atoms with Crippen molar-refractivity contribution in [1.29, 1.82) is 0 Å². The number of thiophene rings is 1. The highest BCUT2D eigenvalue weighted by Gasteiger charge is 2.26. The van der Waals surface area contributed by atoms with Crippen molar-refractivity contribution < 1.29 is 9.59 Å². The zero-order chi connectivity index (χ0) is 19.9. The molecule has 28 heavy (non-hydrogen) atoms. The van der Waals surface area contributed by atoms with Gasteiger partial charge < -0.3 is 11.1 Å². The molecular weight excluding hydrogens is 372 g/mol. The molecule has 7 heteroatoms. The van der Waals surface area contributed by atoms with E-state index in [2.05, 4.69) is 39.4 Å². The van der Waals surface area contributed by atoms with Crippen molar-refractivity contribution in [3.8, 4) is 0 Å². The Morgan fingerprint density at radius 1 is 1.18 bits per heavy atom. The van der Waals surface area contributed by atoms with Gasteiger partial charge in [-0.1, -0.05) is 42.5 Å². The van der Waals surface area contributed by atoms with Crippen LogP contribution in [0.3, 0.4) is 0 Å². The number of anilines is 1. The van der Waals surface area contributed by atoms with Crippen LogP contribution >= 0.6 is 11.3 Å². The molecule has 0 bridgehead atoms. The van der Waals surface area contributed by atoms with Crippen molar-refractivity contribution in [1.82, 2.24) is 9.80 Å². The Bertz CT molecular complexity index is 826. The number of piperazine rings is 1. The van der Waals surface area contributed by atoms with E-state index in [1.54, 1.807) is 11.4 Å². The fraction of sp³-hybridized carbons (Fsp3) is 0.333. The Morgan fingerprint density at radius 3 is 2.57 bits per heavy atom. The molecule has 1 aromatic carbocycles. The van der Waals surface area contributed by atoms with Gasteiger partial charge in [0.05, 0.1) is 11.6 Å². The highest BCUT2D eigenvalue weighted by Crippen LogP contribution is 2.23. The van der Waals surface area contributed by atoms with Crippen LogP contribution in [0.15, 0.2) is 47.9 Å². The number of hydrogen-bond donors (Lipinski definition) is 2. The van der Waals surface area contributed by atoms with Crippen LogP contribution in [0.25, 0.3) is 6.08 Å². The highest BCUT2D eigenvalue weighted by atomic mass is 32.1. The number of rotatable bonds is 7. The van der Waals surface area contributed by atoms with Gasteiger partial charge in [0.2, 0.25) is 5.91 Å². The van der Waals surface area contributed by atoms with Gasteiger partial charge in [-0.05, 0) is 23.9 Å². The number of carbonyl (C=O) groups excluding carboxylic acids is 2. The zero-order valence-electron chi connectivity index (χ0n) is 16.0. The number of amides is 2. The summed E-state index contributed by atoms with van der Waals surface area (Å²) in [5.74, 6) is -0.635. The predicted octanol–water partition coefficient (Wildman–Crippen LogP) is 2.51. The van der Waals surface area contributed by atoms with Crippen molar-refractivity contribution in [2.45, 2.75) is 13.0 Å². The Morgan fingerprint density at radius 2 is 1.89 bits per heavy atom. The van der Waals surface area contributed by atoms with E-state index in [1.165, 1.54) is 16.9 Å². The van der Waals surface area contributed by atoms with E-state index in [4.69, 9.17) is 5.73 Å². The molecular formula is C21H26N4O2S. The number of carbonyl (C=O) groups is 2. The number of nitrogens with zero attached hydrogens (tertiary/aromatic N) is 2. The maximum absolute atomic E-state index is 12.6. The molecule has 0 radical (unpaired) electrons. The fourth-order valence-corrected chi connectivity index (χ4v) is 4.01. The number of nitrogens with one attached hydrogen (secondary N) is 1. The minimum Gasteiger partial charge on any atom is -0.366 e. The maximum atomic E-state index is 12.6. The summed E-state index contributed by atoms with van der Waals surface area (Å²) in [6, 6.07) is 11.6. The van der Waals surface area contributed by atoms with Gasteiger partial charge in [0.15, 0.2) is 0 Å². The number of benzene rings is 1. The summed E-state index contributed by atoms with van der Waals surface area (Å²) >= 11 is 1.31. The van der Waals surface area contributed by atoms with Crippen LogP contribution in [0, 0.1) is 0 Å². The Kier molecular flexibility index (Phi) is 6.97. The third-order valence-corrected chi connectivity index (χ3v) is 5.80. The van der Waals surface area contributed by atoms with Gasteiger partial charge in [-0.3, -0.25) is 19.4 Å². The van der Waals surface area contributed by atoms with Gasteiger partial charge in [-0.15, -0.1) is 11.3 Å².